The van der Waals surface area contributed by atoms with Crippen LogP contribution in [-0.2, 0) is 9.53 Å². The van der Waals surface area contributed by atoms with Gasteiger partial charge in [0.2, 0.25) is 5.91 Å². The van der Waals surface area contributed by atoms with Gasteiger partial charge in [0.25, 0.3) is 5.56 Å². The highest BCUT2D eigenvalue weighted by Crippen LogP contribution is 2.60. The molecule has 4 aliphatic rings. The molecule has 4 bridgehead atoms. The summed E-state index contributed by atoms with van der Waals surface area (Å²) in [5, 5.41) is 10.3. The summed E-state index contributed by atoms with van der Waals surface area (Å²) < 4.78 is 11.7. The van der Waals surface area contributed by atoms with Gasteiger partial charge >= 0.3 is 5.97 Å². The number of benzene rings is 1. The Kier molecular flexibility index (Phi) is 5.63. The van der Waals surface area contributed by atoms with Gasteiger partial charge in [-0.2, -0.15) is 9.78 Å². The molecule has 4 aliphatic carbocycles. The van der Waals surface area contributed by atoms with Gasteiger partial charge in [0.15, 0.2) is 5.69 Å². The summed E-state index contributed by atoms with van der Waals surface area (Å²) in [6.45, 7) is 1.90. The lowest BCUT2D eigenvalue weighted by Gasteiger charge is -2.55. The first-order valence-electron chi connectivity index (χ1n) is 12.6. The number of carbonyl (C=O) groups is 2. The molecule has 1 aromatic carbocycles. The Hall–Kier alpha value is -3.20. The molecule has 7 rings (SSSR count). The Balaban J connectivity index is 1.44. The Morgan fingerprint density at radius 1 is 1.17 bits per heavy atom. The highest BCUT2D eigenvalue weighted by Gasteiger charge is 2.54. The molecule has 4 saturated carbocycles. The van der Waals surface area contributed by atoms with E-state index in [0.717, 1.165) is 19.3 Å². The van der Waals surface area contributed by atoms with E-state index in [-0.39, 0.29) is 29.0 Å². The van der Waals surface area contributed by atoms with Crippen LogP contribution in [0.15, 0.2) is 34.4 Å². The number of aromatic nitrogens is 2. The van der Waals surface area contributed by atoms with Crippen molar-refractivity contribution in [3.8, 4) is 11.4 Å². The summed E-state index contributed by atoms with van der Waals surface area (Å²) in [7, 11) is 1.54. The molecule has 2 aromatic heterocycles. The number of hydrogen-bond donors (Lipinski definition) is 1. The lowest BCUT2D eigenvalue weighted by Crippen LogP contribution is -2.51. The van der Waals surface area contributed by atoms with Crippen molar-refractivity contribution in [1.82, 2.24) is 9.78 Å². The Morgan fingerprint density at radius 3 is 2.50 bits per heavy atom. The largest absolute Gasteiger partial charge is 0.497 e. The summed E-state index contributed by atoms with van der Waals surface area (Å²) in [4.78, 5) is 40.3. The van der Waals surface area contributed by atoms with Crippen LogP contribution in [0.25, 0.3) is 16.5 Å². The van der Waals surface area contributed by atoms with Crippen molar-refractivity contribution < 1.29 is 19.1 Å². The van der Waals surface area contributed by atoms with Crippen molar-refractivity contribution in [1.29, 1.82) is 0 Å². The number of fused-ring (bicyclic) bond motifs is 1. The van der Waals surface area contributed by atoms with Crippen LogP contribution in [0.1, 0.15) is 55.9 Å². The SMILES string of the molecule is CCOC(=O)c1nn(-c2cccc(OC)c2)c(=O)c2c(NC(=O)C34CC5CC(CC(C5)C3)C4)scc12. The number of nitrogens with one attached hydrogen (secondary N) is 1. The first-order chi connectivity index (χ1) is 17.4. The highest BCUT2D eigenvalue weighted by molar-refractivity contribution is 7.16. The molecule has 3 aromatic rings. The fraction of sp³-hybridized carbons (Fsp3) is 0.481. The monoisotopic (exact) mass is 507 g/mol. The molecule has 36 heavy (non-hydrogen) atoms. The van der Waals surface area contributed by atoms with Gasteiger partial charge in [-0.05, 0) is 75.3 Å². The molecule has 188 valence electrons. The average Bonchev–Trinajstić information content (AvgIpc) is 3.27. The highest BCUT2D eigenvalue weighted by atomic mass is 32.1. The predicted molar refractivity (Wildman–Crippen MR) is 137 cm³/mol. The van der Waals surface area contributed by atoms with Gasteiger partial charge in [-0.3, -0.25) is 9.59 Å². The first-order valence-corrected chi connectivity index (χ1v) is 13.5. The second-order valence-electron chi connectivity index (χ2n) is 10.5. The molecule has 4 fully saturated rings. The van der Waals surface area contributed by atoms with Gasteiger partial charge in [0.1, 0.15) is 10.8 Å². The van der Waals surface area contributed by atoms with Crippen molar-refractivity contribution in [2.75, 3.05) is 19.0 Å². The maximum atomic E-state index is 13.7. The molecule has 0 aliphatic heterocycles. The van der Waals surface area contributed by atoms with Gasteiger partial charge in [0.05, 0.1) is 30.2 Å². The van der Waals surface area contributed by atoms with E-state index in [9.17, 15) is 14.4 Å². The number of thiophene rings is 1. The lowest BCUT2D eigenvalue weighted by atomic mass is 9.49. The van der Waals surface area contributed by atoms with Crippen molar-refractivity contribution in [2.24, 2.45) is 23.2 Å². The van der Waals surface area contributed by atoms with Crippen LogP contribution in [0.4, 0.5) is 5.00 Å². The molecule has 8 nitrogen and oxygen atoms in total. The van der Waals surface area contributed by atoms with Gasteiger partial charge in [0, 0.05) is 16.8 Å². The van der Waals surface area contributed by atoms with Crippen LogP contribution in [0.2, 0.25) is 0 Å². The van der Waals surface area contributed by atoms with Crippen LogP contribution < -0.4 is 15.6 Å². The van der Waals surface area contributed by atoms with Crippen molar-refractivity contribution in [2.45, 2.75) is 45.4 Å². The zero-order valence-electron chi connectivity index (χ0n) is 20.4. The van der Waals surface area contributed by atoms with E-state index < -0.39 is 11.5 Å². The van der Waals surface area contributed by atoms with Gasteiger partial charge in [-0.15, -0.1) is 11.3 Å². The molecule has 0 unspecified atom stereocenters. The minimum Gasteiger partial charge on any atom is -0.497 e. The van der Waals surface area contributed by atoms with E-state index in [4.69, 9.17) is 9.47 Å². The topological polar surface area (TPSA) is 99.5 Å². The van der Waals surface area contributed by atoms with Crippen LogP contribution in [0.3, 0.4) is 0 Å². The average molecular weight is 508 g/mol. The molecule has 0 radical (unpaired) electrons. The summed E-state index contributed by atoms with van der Waals surface area (Å²) in [6, 6.07) is 6.91. The van der Waals surface area contributed by atoms with E-state index in [1.807, 2.05) is 0 Å². The maximum absolute atomic E-state index is 13.7. The van der Waals surface area contributed by atoms with Gasteiger partial charge in [-0.25, -0.2) is 4.79 Å². The van der Waals surface area contributed by atoms with Crippen LogP contribution >= 0.6 is 11.3 Å². The third kappa shape index (κ3) is 3.72. The summed E-state index contributed by atoms with van der Waals surface area (Å²) >= 11 is 1.25. The number of methoxy groups -OCH3 is 1. The third-order valence-electron chi connectivity index (χ3n) is 8.17. The number of esters is 1. The molecule has 1 N–H and O–H groups in total. The van der Waals surface area contributed by atoms with E-state index in [2.05, 4.69) is 10.4 Å². The summed E-state index contributed by atoms with van der Waals surface area (Å²) in [5.41, 5.74) is -0.265. The first kappa shape index (κ1) is 23.2. The fourth-order valence-electron chi connectivity index (χ4n) is 7.03. The van der Waals surface area contributed by atoms with E-state index in [1.54, 1.807) is 43.7 Å². The molecule has 0 atom stereocenters. The number of ether oxygens (including phenoxy) is 2. The normalized spacial score (nSPS) is 26.2. The second kappa shape index (κ2) is 8.73. The minimum atomic E-state index is -0.615. The van der Waals surface area contributed by atoms with E-state index >= 15 is 0 Å². The maximum Gasteiger partial charge on any atom is 0.359 e. The quantitative estimate of drug-likeness (QED) is 0.482. The molecule has 0 saturated heterocycles. The number of nitrogens with zero attached hydrogens (tertiary/aromatic N) is 2. The summed E-state index contributed by atoms with van der Waals surface area (Å²) in [6.07, 6.45) is 6.52. The van der Waals surface area contributed by atoms with E-state index in [0.29, 0.717) is 39.6 Å². The Labute approximate surface area is 212 Å². The Morgan fingerprint density at radius 2 is 1.86 bits per heavy atom. The van der Waals surface area contributed by atoms with Crippen LogP contribution in [-0.4, -0.2) is 35.4 Å². The third-order valence-corrected chi connectivity index (χ3v) is 9.06. The number of anilines is 1. The number of carbonyl (C=O) groups excluding carboxylic acids is 2. The molecule has 9 heteroatoms. The molecular weight excluding hydrogens is 478 g/mol. The fourth-order valence-corrected chi connectivity index (χ4v) is 7.97. The van der Waals surface area contributed by atoms with Crippen molar-refractivity contribution in [3.63, 3.8) is 0 Å². The number of amides is 1. The van der Waals surface area contributed by atoms with Crippen molar-refractivity contribution in [3.05, 3.63) is 45.7 Å². The standard InChI is InChI=1S/C27H29N3O5S/c1-3-35-25(32)22-20-14-36-23(21(20)24(31)30(29-22)18-5-4-6-19(10-18)34-2)28-26(33)27-11-15-7-16(12-27)9-17(8-15)13-27/h4-6,10,14-17H,3,7-9,11-13H2,1-2H3,(H,28,33). The molecular formula is C27H29N3O5S. The number of rotatable bonds is 6. The predicted octanol–water partition coefficient (Wildman–Crippen LogP) is 4.79. The van der Waals surface area contributed by atoms with Gasteiger partial charge < -0.3 is 14.8 Å². The summed E-state index contributed by atoms with van der Waals surface area (Å²) in [5.74, 6) is 1.84. The zero-order valence-corrected chi connectivity index (χ0v) is 21.2. The van der Waals surface area contributed by atoms with Gasteiger partial charge in [-0.1, -0.05) is 6.07 Å². The van der Waals surface area contributed by atoms with Crippen LogP contribution in [0.5, 0.6) is 5.75 Å². The smallest absolute Gasteiger partial charge is 0.359 e. The second-order valence-corrected chi connectivity index (χ2v) is 11.4. The van der Waals surface area contributed by atoms with Crippen molar-refractivity contribution >= 4 is 39.0 Å². The minimum absolute atomic E-state index is 0.00665. The lowest BCUT2D eigenvalue weighted by molar-refractivity contribution is -0.140. The number of hydrogen-bond acceptors (Lipinski definition) is 7. The zero-order chi connectivity index (χ0) is 25.0. The molecule has 0 spiro atoms. The molecule has 1 amide bonds. The Bertz CT molecular complexity index is 1390. The van der Waals surface area contributed by atoms with Crippen LogP contribution in [0, 0.1) is 23.2 Å². The molecule has 2 heterocycles. The van der Waals surface area contributed by atoms with E-state index in [1.165, 1.54) is 35.3 Å².